The Morgan fingerprint density at radius 1 is 1.38 bits per heavy atom. The van der Waals surface area contributed by atoms with E-state index in [1.165, 1.54) is 0 Å². The molecule has 0 saturated carbocycles. The first-order valence-electron chi connectivity index (χ1n) is 3.99. The molecule has 0 aromatic heterocycles. The number of alkyl halides is 3. The van der Waals surface area contributed by atoms with Gasteiger partial charge < -0.3 is 11.1 Å². The summed E-state index contributed by atoms with van der Waals surface area (Å²) in [7, 11) is 0. The first-order chi connectivity index (χ1) is 5.95. The zero-order valence-electron chi connectivity index (χ0n) is 7.16. The lowest BCUT2D eigenvalue weighted by molar-refractivity contribution is -0.144. The van der Waals surface area contributed by atoms with E-state index >= 15 is 0 Å². The SMILES string of the molecule is NCCCNC(=O)CCC(F)(F)F. The van der Waals surface area contributed by atoms with Crippen LogP contribution in [0.4, 0.5) is 13.2 Å². The molecule has 6 heteroatoms. The Morgan fingerprint density at radius 2 is 2.00 bits per heavy atom. The van der Waals surface area contributed by atoms with E-state index in [1.54, 1.807) is 0 Å². The summed E-state index contributed by atoms with van der Waals surface area (Å²) in [6.07, 6.45) is -5.25. The Bertz CT molecular complexity index is 158. The van der Waals surface area contributed by atoms with Crippen LogP contribution in [0, 0.1) is 0 Å². The molecule has 0 heterocycles. The number of nitrogens with two attached hydrogens (primary N) is 1. The molecule has 0 aromatic carbocycles. The Labute approximate surface area is 74.5 Å². The molecule has 0 aliphatic rings. The van der Waals surface area contributed by atoms with Crippen LogP contribution in [0.25, 0.3) is 0 Å². The summed E-state index contributed by atoms with van der Waals surface area (Å²) < 4.78 is 34.8. The van der Waals surface area contributed by atoms with E-state index in [0.717, 1.165) is 0 Å². The molecule has 1 amide bonds. The zero-order valence-corrected chi connectivity index (χ0v) is 7.16. The Balaban J connectivity index is 3.41. The van der Waals surface area contributed by atoms with Crippen LogP contribution in [0.3, 0.4) is 0 Å². The summed E-state index contributed by atoms with van der Waals surface area (Å²) in [6, 6.07) is 0. The summed E-state index contributed by atoms with van der Waals surface area (Å²) in [6.45, 7) is 0.757. The predicted molar refractivity (Wildman–Crippen MR) is 42.0 cm³/mol. The predicted octanol–water partition coefficient (Wildman–Crippen LogP) is 0.794. The van der Waals surface area contributed by atoms with Crippen molar-refractivity contribution in [3.05, 3.63) is 0 Å². The topological polar surface area (TPSA) is 55.1 Å². The van der Waals surface area contributed by atoms with Gasteiger partial charge in [0, 0.05) is 13.0 Å². The van der Waals surface area contributed by atoms with Crippen molar-refractivity contribution in [2.24, 2.45) is 5.73 Å². The van der Waals surface area contributed by atoms with E-state index in [9.17, 15) is 18.0 Å². The lowest BCUT2D eigenvalue weighted by atomic mass is 10.3. The number of rotatable bonds is 5. The van der Waals surface area contributed by atoms with E-state index in [0.29, 0.717) is 19.5 Å². The van der Waals surface area contributed by atoms with Gasteiger partial charge in [-0.1, -0.05) is 0 Å². The number of hydrogen-bond acceptors (Lipinski definition) is 2. The summed E-state index contributed by atoms with van der Waals surface area (Å²) in [5.74, 6) is -0.578. The van der Waals surface area contributed by atoms with Gasteiger partial charge in [-0.05, 0) is 13.0 Å². The second kappa shape index (κ2) is 5.80. The third-order valence-electron chi connectivity index (χ3n) is 1.34. The highest BCUT2D eigenvalue weighted by molar-refractivity contribution is 5.75. The van der Waals surface area contributed by atoms with Crippen LogP contribution in [-0.2, 0) is 4.79 Å². The van der Waals surface area contributed by atoms with Gasteiger partial charge in [-0.15, -0.1) is 0 Å². The van der Waals surface area contributed by atoms with Crippen molar-refractivity contribution in [1.29, 1.82) is 0 Å². The van der Waals surface area contributed by atoms with Crippen molar-refractivity contribution in [2.45, 2.75) is 25.4 Å². The number of carbonyl (C=O) groups excluding carboxylic acids is 1. The molecule has 0 bridgehead atoms. The summed E-state index contributed by atoms with van der Waals surface area (Å²) in [5, 5.41) is 2.34. The fraction of sp³-hybridized carbons (Fsp3) is 0.857. The quantitative estimate of drug-likeness (QED) is 0.642. The maximum atomic E-state index is 11.6. The summed E-state index contributed by atoms with van der Waals surface area (Å²) in [5.41, 5.74) is 5.13. The molecule has 3 N–H and O–H groups in total. The molecule has 13 heavy (non-hydrogen) atoms. The third kappa shape index (κ3) is 9.13. The first kappa shape index (κ1) is 12.2. The molecule has 0 saturated heterocycles. The average Bonchev–Trinajstić information content (AvgIpc) is 2.00. The standard InChI is InChI=1S/C7H13F3N2O/c8-7(9,10)3-2-6(13)12-5-1-4-11/h1-5,11H2,(H,12,13). The van der Waals surface area contributed by atoms with Crippen molar-refractivity contribution in [2.75, 3.05) is 13.1 Å². The minimum atomic E-state index is -4.26. The molecule has 0 aromatic rings. The van der Waals surface area contributed by atoms with Crippen molar-refractivity contribution < 1.29 is 18.0 Å². The minimum Gasteiger partial charge on any atom is -0.356 e. The molecule has 0 unspecified atom stereocenters. The highest BCUT2D eigenvalue weighted by Crippen LogP contribution is 2.20. The Hall–Kier alpha value is -0.780. The zero-order chi connectivity index (χ0) is 10.3. The van der Waals surface area contributed by atoms with E-state index in [1.807, 2.05) is 0 Å². The normalized spacial score (nSPS) is 11.4. The van der Waals surface area contributed by atoms with Gasteiger partial charge in [0.1, 0.15) is 0 Å². The Morgan fingerprint density at radius 3 is 2.46 bits per heavy atom. The molecule has 0 radical (unpaired) electrons. The van der Waals surface area contributed by atoms with E-state index < -0.39 is 24.9 Å². The van der Waals surface area contributed by atoms with Gasteiger partial charge in [-0.2, -0.15) is 13.2 Å². The number of amides is 1. The first-order valence-corrected chi connectivity index (χ1v) is 3.99. The number of nitrogens with one attached hydrogen (secondary N) is 1. The highest BCUT2D eigenvalue weighted by Gasteiger charge is 2.27. The van der Waals surface area contributed by atoms with Crippen molar-refractivity contribution in [3.8, 4) is 0 Å². The van der Waals surface area contributed by atoms with Crippen molar-refractivity contribution in [3.63, 3.8) is 0 Å². The fourth-order valence-electron chi connectivity index (χ4n) is 0.674. The molecule has 0 spiro atoms. The average molecular weight is 198 g/mol. The molecule has 0 aliphatic heterocycles. The largest absolute Gasteiger partial charge is 0.389 e. The lowest BCUT2D eigenvalue weighted by Crippen LogP contribution is -2.27. The van der Waals surface area contributed by atoms with Gasteiger partial charge in [-0.3, -0.25) is 4.79 Å². The molecule has 78 valence electrons. The van der Waals surface area contributed by atoms with Gasteiger partial charge in [0.15, 0.2) is 0 Å². The van der Waals surface area contributed by atoms with Gasteiger partial charge in [0.2, 0.25) is 5.91 Å². The van der Waals surface area contributed by atoms with Crippen molar-refractivity contribution in [1.82, 2.24) is 5.32 Å². The van der Waals surface area contributed by atoms with Gasteiger partial charge >= 0.3 is 6.18 Å². The maximum absolute atomic E-state index is 11.6. The van der Waals surface area contributed by atoms with Crippen LogP contribution in [-0.4, -0.2) is 25.2 Å². The van der Waals surface area contributed by atoms with Crippen LogP contribution in [0.5, 0.6) is 0 Å². The second-order valence-corrected chi connectivity index (χ2v) is 2.61. The van der Waals surface area contributed by atoms with Crippen LogP contribution >= 0.6 is 0 Å². The maximum Gasteiger partial charge on any atom is 0.389 e. The molecule has 0 fully saturated rings. The number of hydrogen-bond donors (Lipinski definition) is 2. The summed E-state index contributed by atoms with van der Waals surface area (Å²) in [4.78, 5) is 10.7. The van der Waals surface area contributed by atoms with Gasteiger partial charge in [0.05, 0.1) is 6.42 Å². The van der Waals surface area contributed by atoms with Crippen LogP contribution in [0.2, 0.25) is 0 Å². The molecule has 0 aliphatic carbocycles. The molecule has 0 atom stereocenters. The molecular formula is C7H13F3N2O. The van der Waals surface area contributed by atoms with E-state index in [2.05, 4.69) is 5.32 Å². The number of carbonyl (C=O) groups is 1. The highest BCUT2D eigenvalue weighted by atomic mass is 19.4. The molecule has 3 nitrogen and oxygen atoms in total. The van der Waals surface area contributed by atoms with Crippen LogP contribution < -0.4 is 11.1 Å². The second-order valence-electron chi connectivity index (χ2n) is 2.61. The Kier molecular flexibility index (Phi) is 5.45. The van der Waals surface area contributed by atoms with Crippen LogP contribution in [0.15, 0.2) is 0 Å². The molecule has 0 rings (SSSR count). The third-order valence-corrected chi connectivity index (χ3v) is 1.34. The van der Waals surface area contributed by atoms with E-state index in [-0.39, 0.29) is 0 Å². The minimum absolute atomic E-state index is 0.340. The van der Waals surface area contributed by atoms with Crippen LogP contribution in [0.1, 0.15) is 19.3 Å². The molecular weight excluding hydrogens is 185 g/mol. The van der Waals surface area contributed by atoms with Gasteiger partial charge in [0.25, 0.3) is 0 Å². The van der Waals surface area contributed by atoms with Gasteiger partial charge in [-0.25, -0.2) is 0 Å². The monoisotopic (exact) mass is 198 g/mol. The number of halogens is 3. The smallest absolute Gasteiger partial charge is 0.356 e. The van der Waals surface area contributed by atoms with E-state index in [4.69, 9.17) is 5.73 Å². The summed E-state index contributed by atoms with van der Waals surface area (Å²) >= 11 is 0. The van der Waals surface area contributed by atoms with Crippen molar-refractivity contribution >= 4 is 5.91 Å². The fourth-order valence-corrected chi connectivity index (χ4v) is 0.674. The lowest BCUT2D eigenvalue weighted by Gasteiger charge is -2.06.